The van der Waals surface area contributed by atoms with Crippen molar-refractivity contribution in [3.63, 3.8) is 0 Å². The van der Waals surface area contributed by atoms with Crippen LogP contribution in [0, 0.1) is 0 Å². The van der Waals surface area contributed by atoms with Crippen LogP contribution in [0.2, 0.25) is 0 Å². The van der Waals surface area contributed by atoms with E-state index in [4.69, 9.17) is 0 Å². The Morgan fingerprint density at radius 3 is 2.08 bits per heavy atom. The molecule has 7 heteroatoms. The maximum absolute atomic E-state index is 12.9. The Morgan fingerprint density at radius 1 is 1.19 bits per heavy atom. The van der Waals surface area contributed by atoms with Gasteiger partial charge in [-0.05, 0) is 69.0 Å². The molecule has 0 radical (unpaired) electrons. The highest BCUT2D eigenvalue weighted by molar-refractivity contribution is 6.00. The fraction of sp³-hybridized carbons (Fsp3) is 0.579. The third-order valence-electron chi connectivity index (χ3n) is 3.92. The van der Waals surface area contributed by atoms with Gasteiger partial charge in [-0.2, -0.15) is 0 Å². The molecule has 0 bridgehead atoms. The first-order valence-corrected chi connectivity index (χ1v) is 8.49. The van der Waals surface area contributed by atoms with Gasteiger partial charge >= 0.3 is 0 Å². The zero-order valence-electron chi connectivity index (χ0n) is 15.4. The van der Waals surface area contributed by atoms with Gasteiger partial charge in [-0.25, -0.2) is 13.2 Å². The molecule has 0 aromatic heterocycles. The fourth-order valence-electron chi connectivity index (χ4n) is 2.60. The summed E-state index contributed by atoms with van der Waals surface area (Å²) in [5.74, 6) is -0.174. The van der Waals surface area contributed by atoms with Gasteiger partial charge in [-0.3, -0.25) is 9.59 Å². The molecule has 0 spiro atoms. The lowest BCUT2D eigenvalue weighted by molar-refractivity contribution is -0.138. The van der Waals surface area contributed by atoms with Gasteiger partial charge in [0.15, 0.2) is 5.78 Å². The monoisotopic (exact) mass is 373 g/mol. The zero-order valence-corrected chi connectivity index (χ0v) is 15.4. The minimum absolute atomic E-state index is 0.0286. The second-order valence-corrected chi connectivity index (χ2v) is 7.01. The summed E-state index contributed by atoms with van der Waals surface area (Å²) in [5, 5.41) is 3.05. The lowest BCUT2D eigenvalue weighted by Gasteiger charge is -2.14. The summed E-state index contributed by atoms with van der Waals surface area (Å²) in [6.07, 6.45) is 1.63. The number of carbonyl (C=O) groups excluding carboxylic acids is 2. The van der Waals surface area contributed by atoms with E-state index in [1.54, 1.807) is 0 Å². The molecule has 1 atom stereocenters. The predicted molar refractivity (Wildman–Crippen MR) is 93.1 cm³/mol. The van der Waals surface area contributed by atoms with Crippen molar-refractivity contribution >= 4 is 12.3 Å². The average molecular weight is 373 g/mol. The van der Waals surface area contributed by atoms with E-state index in [0.29, 0.717) is 6.47 Å². The predicted octanol–water partition coefficient (Wildman–Crippen LogP) is 3.99. The molecule has 2 rings (SSSR count). The summed E-state index contributed by atoms with van der Waals surface area (Å²) >= 11 is 0. The SMILES string of the molecule is CC(C)(C)OC=O.O=C(c1cc(CF)c(CF)c(CF)c1)[C@@H]1CCCN1. The molecule has 4 nitrogen and oxygen atoms in total. The molecule has 1 N–H and O–H groups in total. The van der Waals surface area contributed by atoms with Gasteiger partial charge in [0.2, 0.25) is 0 Å². The van der Waals surface area contributed by atoms with Crippen molar-refractivity contribution in [2.45, 2.75) is 65.3 Å². The molecule has 1 fully saturated rings. The summed E-state index contributed by atoms with van der Waals surface area (Å²) in [7, 11) is 0. The Balaban J connectivity index is 0.000000412. The summed E-state index contributed by atoms with van der Waals surface area (Å²) in [6, 6.07) is 2.39. The van der Waals surface area contributed by atoms with Gasteiger partial charge in [-0.1, -0.05) is 0 Å². The normalized spacial score (nSPS) is 16.6. The van der Waals surface area contributed by atoms with E-state index >= 15 is 0 Å². The number of hydrogen-bond donors (Lipinski definition) is 1. The number of rotatable bonds is 6. The smallest absolute Gasteiger partial charge is 0.293 e. The summed E-state index contributed by atoms with van der Waals surface area (Å²) in [5.41, 5.74) is 0.109. The molecule has 1 heterocycles. The largest absolute Gasteiger partial charge is 0.462 e. The highest BCUT2D eigenvalue weighted by Crippen LogP contribution is 2.23. The Labute approximate surface area is 152 Å². The second-order valence-electron chi connectivity index (χ2n) is 7.01. The molecule has 0 amide bonds. The first-order valence-electron chi connectivity index (χ1n) is 8.49. The number of benzene rings is 1. The maximum Gasteiger partial charge on any atom is 0.293 e. The van der Waals surface area contributed by atoms with Crippen LogP contribution in [-0.2, 0) is 29.6 Å². The molecular formula is C19H26F3NO3. The standard InChI is InChI=1S/C14H16F3NO.C5H10O2/c15-6-10-4-9(5-11(7-16)12(10)8-17)14(19)13-2-1-3-18-13;1-5(2,3)7-4-6/h4-5,13,18H,1-3,6-8H2;4H,1-3H3/t13-;/m0./s1. The van der Waals surface area contributed by atoms with Gasteiger partial charge in [0.1, 0.15) is 25.6 Å². The number of alkyl halides is 3. The third kappa shape index (κ3) is 6.44. The van der Waals surface area contributed by atoms with E-state index in [-0.39, 0.29) is 39.7 Å². The molecular weight excluding hydrogens is 347 g/mol. The Bertz CT molecular complexity index is 584. The Morgan fingerprint density at radius 2 is 1.77 bits per heavy atom. The van der Waals surface area contributed by atoms with Crippen molar-refractivity contribution < 1.29 is 27.5 Å². The van der Waals surface area contributed by atoms with E-state index in [9.17, 15) is 22.8 Å². The summed E-state index contributed by atoms with van der Waals surface area (Å²) in [6.45, 7) is 3.97. The fourth-order valence-corrected chi connectivity index (χ4v) is 2.60. The van der Waals surface area contributed by atoms with Crippen LogP contribution in [0.25, 0.3) is 0 Å². The van der Waals surface area contributed by atoms with E-state index in [1.807, 2.05) is 20.8 Å². The Hall–Kier alpha value is -1.89. The van der Waals surface area contributed by atoms with Gasteiger partial charge in [0, 0.05) is 5.56 Å². The topological polar surface area (TPSA) is 55.4 Å². The van der Waals surface area contributed by atoms with Crippen molar-refractivity contribution in [3.05, 3.63) is 34.4 Å². The van der Waals surface area contributed by atoms with Crippen LogP contribution in [0.4, 0.5) is 13.2 Å². The molecule has 1 aliphatic rings. The number of ether oxygens (including phenoxy) is 1. The molecule has 0 aliphatic carbocycles. The van der Waals surface area contributed by atoms with Gasteiger partial charge < -0.3 is 10.1 Å². The van der Waals surface area contributed by atoms with Crippen LogP contribution in [0.1, 0.15) is 60.7 Å². The minimum atomic E-state index is -0.922. The van der Waals surface area contributed by atoms with Crippen LogP contribution in [0.5, 0.6) is 0 Å². The first-order chi connectivity index (χ1) is 12.3. The third-order valence-corrected chi connectivity index (χ3v) is 3.92. The maximum atomic E-state index is 12.9. The molecule has 1 saturated heterocycles. The molecule has 26 heavy (non-hydrogen) atoms. The van der Waals surface area contributed by atoms with Gasteiger partial charge in [0.05, 0.1) is 6.04 Å². The van der Waals surface area contributed by atoms with Crippen molar-refractivity contribution in [1.82, 2.24) is 5.32 Å². The highest BCUT2D eigenvalue weighted by Gasteiger charge is 2.24. The van der Waals surface area contributed by atoms with E-state index < -0.39 is 20.0 Å². The van der Waals surface area contributed by atoms with Crippen molar-refractivity contribution in [3.8, 4) is 0 Å². The summed E-state index contributed by atoms with van der Waals surface area (Å²) in [4.78, 5) is 21.8. The number of Topliss-reactive ketones (excluding diaryl/α,β-unsaturated/α-hetero) is 1. The highest BCUT2D eigenvalue weighted by atomic mass is 19.1. The van der Waals surface area contributed by atoms with Gasteiger partial charge in [0.25, 0.3) is 6.47 Å². The number of carbonyl (C=O) groups is 2. The Kier molecular flexibility index (Phi) is 8.78. The van der Waals surface area contributed by atoms with E-state index in [2.05, 4.69) is 10.1 Å². The number of hydrogen-bond acceptors (Lipinski definition) is 4. The van der Waals surface area contributed by atoms with Crippen LogP contribution in [0.15, 0.2) is 12.1 Å². The molecule has 1 aliphatic heterocycles. The molecule has 0 unspecified atom stereocenters. The molecule has 146 valence electrons. The molecule has 1 aromatic rings. The van der Waals surface area contributed by atoms with E-state index in [1.165, 1.54) is 12.1 Å². The van der Waals surface area contributed by atoms with Crippen molar-refractivity contribution in [2.75, 3.05) is 6.54 Å². The number of ketones is 1. The number of halogens is 3. The lowest BCUT2D eigenvalue weighted by Crippen LogP contribution is -2.31. The first kappa shape index (κ1) is 22.2. The average Bonchev–Trinajstić information content (AvgIpc) is 3.13. The quantitative estimate of drug-likeness (QED) is 0.605. The van der Waals surface area contributed by atoms with Crippen LogP contribution in [-0.4, -0.2) is 30.4 Å². The second kappa shape index (κ2) is 10.3. The minimum Gasteiger partial charge on any atom is -0.462 e. The van der Waals surface area contributed by atoms with Crippen molar-refractivity contribution in [2.24, 2.45) is 0 Å². The molecule has 1 aromatic carbocycles. The lowest BCUT2D eigenvalue weighted by atomic mass is 9.94. The zero-order chi connectivity index (χ0) is 19.7. The van der Waals surface area contributed by atoms with E-state index in [0.717, 1.165) is 19.4 Å². The van der Waals surface area contributed by atoms with Crippen LogP contribution in [0.3, 0.4) is 0 Å². The van der Waals surface area contributed by atoms with Crippen LogP contribution < -0.4 is 5.32 Å². The molecule has 0 saturated carbocycles. The summed E-state index contributed by atoms with van der Waals surface area (Å²) < 4.78 is 43.2. The van der Waals surface area contributed by atoms with Crippen molar-refractivity contribution in [1.29, 1.82) is 0 Å². The van der Waals surface area contributed by atoms with Gasteiger partial charge in [-0.15, -0.1) is 0 Å². The number of nitrogens with one attached hydrogen (secondary N) is 1. The van der Waals surface area contributed by atoms with Crippen LogP contribution >= 0.6 is 0 Å².